The summed E-state index contributed by atoms with van der Waals surface area (Å²) in [6.45, 7) is 0. The SMILES string of the molecule is OB(O)O[Si](c1ccccc1)(c1ccccc1)c1cc(-c2c(F)c(F)c(F)c(F)c2F)c(-c2c(F)c(F)c(F)c(F)c2F)c(-c2c(F)c(F)c(F)c(F)c2F)c1-c1c(F)c(F)c(F)c(F)c1F. The second-order valence-corrected chi connectivity index (χ2v) is 17.0. The van der Waals surface area contributed by atoms with Crippen LogP contribution in [0.4, 0.5) is 87.8 Å². The first-order chi connectivity index (χ1) is 31.4. The van der Waals surface area contributed by atoms with Gasteiger partial charge in [0.05, 0.1) is 22.3 Å². The Balaban J connectivity index is 2.06. The highest BCUT2D eigenvalue weighted by Gasteiger charge is 2.50. The Morgan fingerprint density at radius 1 is 0.299 bits per heavy atom. The van der Waals surface area contributed by atoms with Crippen LogP contribution in [-0.2, 0) is 4.34 Å². The molecule has 346 valence electrons. The van der Waals surface area contributed by atoms with Crippen LogP contribution in [0.1, 0.15) is 0 Å². The molecule has 0 bridgehead atoms. The van der Waals surface area contributed by atoms with Gasteiger partial charge >= 0.3 is 7.32 Å². The van der Waals surface area contributed by atoms with E-state index in [1.54, 1.807) is 0 Å². The number of hydrogen-bond acceptors (Lipinski definition) is 3. The van der Waals surface area contributed by atoms with Crippen LogP contribution in [0.2, 0.25) is 0 Å². The molecule has 0 saturated carbocycles. The Bertz CT molecular complexity index is 3060. The molecule has 2 N–H and O–H groups in total. The van der Waals surface area contributed by atoms with Gasteiger partial charge in [-0.2, -0.15) is 0 Å². The highest BCUT2D eigenvalue weighted by molar-refractivity contribution is 7.09. The number of halogens is 20. The molecule has 67 heavy (non-hydrogen) atoms. The monoisotopic (exact) mass is 984 g/mol. The minimum Gasteiger partial charge on any atom is -0.417 e. The predicted octanol–water partition coefficient (Wildman–Crippen LogP) is 10.1. The topological polar surface area (TPSA) is 49.7 Å². The fourth-order valence-corrected chi connectivity index (χ4v) is 11.4. The summed E-state index contributed by atoms with van der Waals surface area (Å²) in [5, 5.41) is 17.9. The number of benzene rings is 7. The molecule has 7 aromatic rings. The summed E-state index contributed by atoms with van der Waals surface area (Å²) in [5.74, 6) is -64.0. The Labute approximate surface area is 360 Å². The molecule has 0 heterocycles. The summed E-state index contributed by atoms with van der Waals surface area (Å²) in [6, 6.07) is 9.39. The fraction of sp³-hybridized carbons (Fsp3) is 0. The first-order valence-corrected chi connectivity index (χ1v) is 19.8. The van der Waals surface area contributed by atoms with Crippen molar-refractivity contribution in [3.63, 3.8) is 0 Å². The quantitative estimate of drug-likeness (QED) is 0.0498. The Morgan fingerprint density at radius 2 is 0.552 bits per heavy atom. The second kappa shape index (κ2) is 17.5. The van der Waals surface area contributed by atoms with Crippen LogP contribution in [0.3, 0.4) is 0 Å². The van der Waals surface area contributed by atoms with Gasteiger partial charge in [-0.25, -0.2) is 87.8 Å². The van der Waals surface area contributed by atoms with Crippen LogP contribution < -0.4 is 15.6 Å². The molecular formula is C42H13BF20O3Si. The zero-order valence-electron chi connectivity index (χ0n) is 31.8. The minimum absolute atomic E-state index is 0.316. The summed E-state index contributed by atoms with van der Waals surface area (Å²) >= 11 is 0. The Hall–Kier alpha value is -6.70. The van der Waals surface area contributed by atoms with E-state index in [4.69, 9.17) is 4.34 Å². The average molecular weight is 984 g/mol. The number of hydrogen-bond donors (Lipinski definition) is 2. The van der Waals surface area contributed by atoms with Crippen LogP contribution in [0.15, 0.2) is 66.7 Å². The predicted molar refractivity (Wildman–Crippen MR) is 196 cm³/mol. The highest BCUT2D eigenvalue weighted by atomic mass is 28.4. The lowest BCUT2D eigenvalue weighted by molar-refractivity contribution is 0.290. The minimum atomic E-state index is -6.05. The molecule has 0 fully saturated rings. The molecule has 3 nitrogen and oxygen atoms in total. The van der Waals surface area contributed by atoms with Crippen molar-refractivity contribution in [1.29, 1.82) is 0 Å². The zero-order chi connectivity index (χ0) is 49.5. The van der Waals surface area contributed by atoms with Crippen LogP contribution in [0.5, 0.6) is 0 Å². The normalized spacial score (nSPS) is 11.8. The summed E-state index contributed by atoms with van der Waals surface area (Å²) in [6.07, 6.45) is 0. The van der Waals surface area contributed by atoms with E-state index < -0.39 is 192 Å². The van der Waals surface area contributed by atoms with Crippen LogP contribution in [0, 0.1) is 116 Å². The molecule has 0 saturated heterocycles. The van der Waals surface area contributed by atoms with Crippen LogP contribution in [0.25, 0.3) is 44.5 Å². The summed E-state index contributed by atoms with van der Waals surface area (Å²) in [7, 11) is -9.40. The van der Waals surface area contributed by atoms with Crippen molar-refractivity contribution in [2.24, 2.45) is 0 Å². The molecule has 7 rings (SSSR count). The van der Waals surface area contributed by atoms with Crippen molar-refractivity contribution in [1.82, 2.24) is 0 Å². The molecular weight excluding hydrogens is 971 g/mol. The van der Waals surface area contributed by atoms with Gasteiger partial charge in [0.2, 0.25) is 23.3 Å². The molecule has 0 aromatic heterocycles. The second-order valence-electron chi connectivity index (χ2n) is 13.7. The average Bonchev–Trinajstić information content (AvgIpc) is 3.32. The van der Waals surface area contributed by atoms with Crippen molar-refractivity contribution >= 4 is 31.2 Å². The zero-order valence-corrected chi connectivity index (χ0v) is 32.8. The largest absolute Gasteiger partial charge is 0.623 e. The third kappa shape index (κ3) is 7.21. The van der Waals surface area contributed by atoms with Crippen molar-refractivity contribution in [2.45, 2.75) is 0 Å². The van der Waals surface area contributed by atoms with Gasteiger partial charge in [-0.1, -0.05) is 66.7 Å². The lowest BCUT2D eigenvalue weighted by Crippen LogP contribution is -2.71. The van der Waals surface area contributed by atoms with Gasteiger partial charge in [0.1, 0.15) is 0 Å². The molecule has 0 spiro atoms. The third-order valence-electron chi connectivity index (χ3n) is 10.2. The maximum atomic E-state index is 16.6. The van der Waals surface area contributed by atoms with Gasteiger partial charge in [0, 0.05) is 11.1 Å². The standard InChI is InChI=1S/C42H13BF20O3Si/c44-23-17(24(45)32(53)39(60)31(23)52)14-11-15(67(66-43(64)65,12-7-3-1-4-8-12)13-9-5-2-6-10-13)18(21-27(48)35(56)41(62)36(57)28(21)49)19(22-29(50)37(58)42(63)38(59)30(22)51)16(14)20-25(46)33(54)40(61)34(55)26(20)47/h1-11,64-65H. The van der Waals surface area contributed by atoms with E-state index in [2.05, 4.69) is 0 Å². The molecule has 0 atom stereocenters. The van der Waals surface area contributed by atoms with Gasteiger partial charge in [-0.15, -0.1) is 0 Å². The molecule has 0 amide bonds. The maximum Gasteiger partial charge on any atom is 0.623 e. The van der Waals surface area contributed by atoms with Crippen molar-refractivity contribution < 1.29 is 102 Å². The fourth-order valence-electron chi connectivity index (χ4n) is 7.42. The smallest absolute Gasteiger partial charge is 0.417 e. The van der Waals surface area contributed by atoms with E-state index in [1.807, 2.05) is 0 Å². The Kier molecular flexibility index (Phi) is 12.6. The molecule has 7 aromatic carbocycles. The van der Waals surface area contributed by atoms with E-state index in [0.29, 0.717) is 0 Å². The van der Waals surface area contributed by atoms with E-state index >= 15 is 70.2 Å². The van der Waals surface area contributed by atoms with E-state index in [-0.39, 0.29) is 6.07 Å². The van der Waals surface area contributed by atoms with E-state index in [0.717, 1.165) is 60.7 Å². The van der Waals surface area contributed by atoms with Crippen molar-refractivity contribution in [3.8, 4) is 44.5 Å². The maximum absolute atomic E-state index is 16.6. The summed E-state index contributed by atoms with van der Waals surface area (Å²) in [5.41, 5.74) is -21.6. The molecule has 0 aliphatic heterocycles. The first kappa shape index (κ1) is 48.2. The molecule has 0 unspecified atom stereocenters. The molecule has 0 aliphatic rings. The van der Waals surface area contributed by atoms with E-state index in [1.165, 1.54) is 0 Å². The van der Waals surface area contributed by atoms with E-state index in [9.17, 15) is 27.6 Å². The van der Waals surface area contributed by atoms with Gasteiger partial charge in [0.25, 0.3) is 8.32 Å². The summed E-state index contributed by atoms with van der Waals surface area (Å²) in [4.78, 5) is 0. The van der Waals surface area contributed by atoms with Gasteiger partial charge in [-0.05, 0) is 26.7 Å². The molecule has 0 radical (unpaired) electrons. The van der Waals surface area contributed by atoms with Crippen LogP contribution in [-0.4, -0.2) is 25.7 Å². The third-order valence-corrected chi connectivity index (χ3v) is 14.2. The Morgan fingerprint density at radius 3 is 0.851 bits per heavy atom. The van der Waals surface area contributed by atoms with Crippen molar-refractivity contribution in [3.05, 3.63) is 183 Å². The van der Waals surface area contributed by atoms with Gasteiger partial charge in [0.15, 0.2) is 93.1 Å². The highest BCUT2D eigenvalue weighted by Crippen LogP contribution is 2.52. The number of rotatable bonds is 9. The summed E-state index contributed by atoms with van der Waals surface area (Å²) < 4.78 is 319. The lowest BCUT2D eigenvalue weighted by Gasteiger charge is -2.37. The van der Waals surface area contributed by atoms with Crippen LogP contribution >= 0.6 is 0 Å². The molecule has 0 aliphatic carbocycles. The van der Waals surface area contributed by atoms with Gasteiger partial charge < -0.3 is 14.4 Å². The van der Waals surface area contributed by atoms with Crippen molar-refractivity contribution in [2.75, 3.05) is 0 Å². The lowest BCUT2D eigenvalue weighted by atomic mass is 9.81. The first-order valence-electron chi connectivity index (χ1n) is 17.9. The van der Waals surface area contributed by atoms with Gasteiger partial charge in [-0.3, -0.25) is 0 Å². The molecule has 25 heteroatoms.